The molecule has 10 heavy (non-hydrogen) atoms. The molecule has 3 heteroatoms. The van der Waals surface area contributed by atoms with Gasteiger partial charge in [0.15, 0.2) is 0 Å². The van der Waals surface area contributed by atoms with E-state index in [0.29, 0.717) is 10.8 Å². The van der Waals surface area contributed by atoms with Crippen LogP contribution in [0.15, 0.2) is 24.3 Å². The predicted octanol–water partition coefficient (Wildman–Crippen LogP) is 1.79. The number of rotatable bonds is 2. The molecule has 1 radical (unpaired) electrons. The van der Waals surface area contributed by atoms with Crippen molar-refractivity contribution in [2.45, 2.75) is 0 Å². The lowest BCUT2D eigenvalue weighted by Crippen LogP contribution is -1.86. The Hall–Kier alpha value is -1.02. The summed E-state index contributed by atoms with van der Waals surface area (Å²) in [5.41, 5.74) is 0. The third-order valence-electron chi connectivity index (χ3n) is 0.956. The van der Waals surface area contributed by atoms with Crippen LogP contribution in [0.4, 0.5) is 0 Å². The van der Waals surface area contributed by atoms with Crippen molar-refractivity contribution >= 4 is 18.1 Å². The van der Waals surface area contributed by atoms with Gasteiger partial charge in [-0.1, -0.05) is 17.7 Å². The Kier molecular flexibility index (Phi) is 2.29. The number of hydrogen-bond donors (Lipinski definition) is 0. The first-order valence-electron chi connectivity index (χ1n) is 2.62. The predicted molar refractivity (Wildman–Crippen MR) is 37.8 cm³/mol. The van der Waals surface area contributed by atoms with Crippen LogP contribution in [0.2, 0.25) is 5.02 Å². The molecular formula is C7H4ClO2. The Balaban J connectivity index is 2.84. The highest BCUT2D eigenvalue weighted by Gasteiger charge is 1.91. The fraction of sp³-hybridized carbons (Fsp3) is 0. The van der Waals surface area contributed by atoms with Crippen molar-refractivity contribution in [3.63, 3.8) is 0 Å². The van der Waals surface area contributed by atoms with Crippen molar-refractivity contribution in [2.24, 2.45) is 0 Å². The van der Waals surface area contributed by atoms with E-state index in [4.69, 9.17) is 11.6 Å². The SMILES string of the molecule is O=[C]Oc1cccc(Cl)c1. The van der Waals surface area contributed by atoms with Crippen molar-refractivity contribution < 1.29 is 9.53 Å². The molecule has 1 rings (SSSR count). The van der Waals surface area contributed by atoms with Gasteiger partial charge < -0.3 is 4.74 Å². The molecule has 0 aliphatic rings. The molecule has 1 aromatic rings. The molecule has 0 aromatic heterocycles. The minimum absolute atomic E-state index is 0.405. The van der Waals surface area contributed by atoms with Crippen molar-refractivity contribution in [1.82, 2.24) is 0 Å². The molecule has 0 spiro atoms. The summed E-state index contributed by atoms with van der Waals surface area (Å²) < 4.78 is 4.40. The van der Waals surface area contributed by atoms with Gasteiger partial charge in [0.05, 0.1) is 0 Å². The van der Waals surface area contributed by atoms with Crippen LogP contribution >= 0.6 is 11.6 Å². The van der Waals surface area contributed by atoms with Crippen LogP contribution < -0.4 is 4.74 Å². The van der Waals surface area contributed by atoms with Crippen molar-refractivity contribution in [3.8, 4) is 5.75 Å². The number of benzene rings is 1. The van der Waals surface area contributed by atoms with Crippen LogP contribution in [-0.4, -0.2) is 6.47 Å². The maximum absolute atomic E-state index is 9.70. The molecule has 0 heterocycles. The maximum atomic E-state index is 9.70. The minimum atomic E-state index is 0.405. The summed E-state index contributed by atoms with van der Waals surface area (Å²) >= 11 is 5.57. The monoisotopic (exact) mass is 155 g/mol. The lowest BCUT2D eigenvalue weighted by atomic mass is 10.3. The third kappa shape index (κ3) is 1.74. The van der Waals surface area contributed by atoms with E-state index in [2.05, 4.69) is 4.74 Å². The quantitative estimate of drug-likeness (QED) is 0.651. The van der Waals surface area contributed by atoms with Gasteiger partial charge in [0.1, 0.15) is 5.75 Å². The van der Waals surface area contributed by atoms with Gasteiger partial charge in [-0.2, -0.15) is 0 Å². The maximum Gasteiger partial charge on any atom is 0.423 e. The summed E-state index contributed by atoms with van der Waals surface area (Å²) in [6, 6.07) is 6.54. The smallest absolute Gasteiger partial charge is 0.418 e. The van der Waals surface area contributed by atoms with E-state index in [-0.39, 0.29) is 0 Å². The second-order valence-electron chi connectivity index (χ2n) is 1.64. The van der Waals surface area contributed by atoms with Crippen LogP contribution in [-0.2, 0) is 4.79 Å². The molecule has 0 saturated heterocycles. The normalized spacial score (nSPS) is 8.90. The molecule has 1 aromatic carbocycles. The van der Waals surface area contributed by atoms with Gasteiger partial charge in [0.2, 0.25) is 0 Å². The van der Waals surface area contributed by atoms with E-state index in [1.165, 1.54) is 12.5 Å². The molecule has 0 aliphatic heterocycles. The summed E-state index contributed by atoms with van der Waals surface area (Å²) in [6.45, 7) is 1.30. The molecule has 0 bridgehead atoms. The number of ether oxygens (including phenoxy) is 1. The number of carbonyl (C=O) groups excluding carboxylic acids is 1. The highest BCUT2D eigenvalue weighted by Crippen LogP contribution is 2.15. The average molecular weight is 156 g/mol. The summed E-state index contributed by atoms with van der Waals surface area (Å²) in [4.78, 5) is 9.70. The van der Waals surface area contributed by atoms with E-state index >= 15 is 0 Å². The first kappa shape index (κ1) is 7.09. The standard InChI is InChI=1S/C7H4ClO2/c8-6-2-1-3-7(4-6)10-5-9/h1-4H. The molecule has 0 fully saturated rings. The van der Waals surface area contributed by atoms with Crippen LogP contribution in [0.1, 0.15) is 0 Å². The second kappa shape index (κ2) is 3.22. The number of halogens is 1. The lowest BCUT2D eigenvalue weighted by Gasteiger charge is -1.94. The van der Waals surface area contributed by atoms with Gasteiger partial charge >= 0.3 is 6.47 Å². The van der Waals surface area contributed by atoms with Gasteiger partial charge in [-0.25, -0.2) is 4.79 Å². The Labute approximate surface area is 63.4 Å². The van der Waals surface area contributed by atoms with E-state index in [1.54, 1.807) is 18.2 Å². The topological polar surface area (TPSA) is 26.3 Å². The van der Waals surface area contributed by atoms with E-state index in [9.17, 15) is 4.79 Å². The molecular weight excluding hydrogens is 152 g/mol. The first-order chi connectivity index (χ1) is 4.83. The van der Waals surface area contributed by atoms with Gasteiger partial charge in [0.25, 0.3) is 0 Å². The Morgan fingerprint density at radius 1 is 1.50 bits per heavy atom. The number of hydrogen-bond acceptors (Lipinski definition) is 2. The van der Waals surface area contributed by atoms with Crippen molar-refractivity contribution in [2.75, 3.05) is 0 Å². The Morgan fingerprint density at radius 3 is 2.90 bits per heavy atom. The van der Waals surface area contributed by atoms with E-state index in [1.807, 2.05) is 0 Å². The summed E-state index contributed by atoms with van der Waals surface area (Å²) in [5, 5.41) is 0.535. The average Bonchev–Trinajstić information content (AvgIpc) is 1.88. The largest absolute Gasteiger partial charge is 0.423 e. The molecule has 51 valence electrons. The molecule has 0 atom stereocenters. The molecule has 0 unspecified atom stereocenters. The van der Waals surface area contributed by atoms with E-state index < -0.39 is 0 Å². The van der Waals surface area contributed by atoms with E-state index in [0.717, 1.165) is 0 Å². The molecule has 0 aliphatic carbocycles. The highest BCUT2D eigenvalue weighted by atomic mass is 35.5. The first-order valence-corrected chi connectivity index (χ1v) is 3.00. The molecule has 0 saturated carbocycles. The zero-order chi connectivity index (χ0) is 7.40. The summed E-state index contributed by atoms with van der Waals surface area (Å²) in [5.74, 6) is 0.405. The molecule has 2 nitrogen and oxygen atoms in total. The van der Waals surface area contributed by atoms with Gasteiger partial charge in [0, 0.05) is 5.02 Å². The van der Waals surface area contributed by atoms with Crippen molar-refractivity contribution in [1.29, 1.82) is 0 Å². The lowest BCUT2D eigenvalue weighted by molar-refractivity contribution is 0.443. The van der Waals surface area contributed by atoms with Gasteiger partial charge in [-0.05, 0) is 18.2 Å². The zero-order valence-electron chi connectivity index (χ0n) is 5.00. The fourth-order valence-electron chi connectivity index (χ4n) is 0.579. The fourth-order valence-corrected chi connectivity index (χ4v) is 0.759. The van der Waals surface area contributed by atoms with Crippen LogP contribution in [0.25, 0.3) is 0 Å². The zero-order valence-corrected chi connectivity index (χ0v) is 5.76. The van der Waals surface area contributed by atoms with Crippen LogP contribution in [0, 0.1) is 0 Å². The molecule has 0 amide bonds. The van der Waals surface area contributed by atoms with Gasteiger partial charge in [-0.3, -0.25) is 0 Å². The summed E-state index contributed by atoms with van der Waals surface area (Å²) in [7, 11) is 0. The Bertz CT molecular complexity index is 235. The van der Waals surface area contributed by atoms with Crippen LogP contribution in [0.3, 0.4) is 0 Å². The van der Waals surface area contributed by atoms with Gasteiger partial charge in [-0.15, -0.1) is 0 Å². The highest BCUT2D eigenvalue weighted by molar-refractivity contribution is 6.30. The van der Waals surface area contributed by atoms with Crippen molar-refractivity contribution in [3.05, 3.63) is 29.3 Å². The minimum Gasteiger partial charge on any atom is -0.418 e. The Morgan fingerprint density at radius 2 is 2.30 bits per heavy atom. The van der Waals surface area contributed by atoms with Crippen LogP contribution in [0.5, 0.6) is 5.75 Å². The molecule has 0 N–H and O–H groups in total. The third-order valence-corrected chi connectivity index (χ3v) is 1.19. The summed E-state index contributed by atoms with van der Waals surface area (Å²) in [6.07, 6.45) is 0. The second-order valence-corrected chi connectivity index (χ2v) is 2.08.